The first-order chi connectivity index (χ1) is 13.2. The molecule has 0 amide bonds. The van der Waals surface area contributed by atoms with Crippen molar-refractivity contribution in [3.63, 3.8) is 0 Å². The summed E-state index contributed by atoms with van der Waals surface area (Å²) in [6, 6.07) is 0. The summed E-state index contributed by atoms with van der Waals surface area (Å²) in [5.41, 5.74) is 0. The predicted molar refractivity (Wildman–Crippen MR) is 132 cm³/mol. The Labute approximate surface area is 191 Å². The molecule has 0 nitrogen and oxygen atoms in total. The summed E-state index contributed by atoms with van der Waals surface area (Å²) in [5.74, 6) is 0. The molecule has 0 rings (SSSR count). The van der Waals surface area contributed by atoms with Crippen molar-refractivity contribution in [2.75, 3.05) is 24.6 Å². The van der Waals surface area contributed by atoms with Crippen LogP contribution in [0.2, 0.25) is 0 Å². The van der Waals surface area contributed by atoms with Gasteiger partial charge in [-0.1, -0.05) is 105 Å². The summed E-state index contributed by atoms with van der Waals surface area (Å²) in [6.07, 6.45) is 33.1. The van der Waals surface area contributed by atoms with Crippen molar-refractivity contribution in [1.82, 2.24) is 0 Å². The molecular formula is C26H56BrP. The first-order valence-corrected chi connectivity index (χ1v) is 15.6. The Morgan fingerprint density at radius 3 is 0.857 bits per heavy atom. The molecule has 0 aromatic carbocycles. The summed E-state index contributed by atoms with van der Waals surface area (Å²) in [7, 11) is -0.667. The molecular weight excluding hydrogens is 423 g/mol. The van der Waals surface area contributed by atoms with E-state index < -0.39 is 7.26 Å². The number of rotatable bonds is 22. The molecule has 0 aliphatic carbocycles. The minimum atomic E-state index is -0.667. The zero-order valence-corrected chi connectivity index (χ0v) is 22.9. The lowest BCUT2D eigenvalue weighted by Crippen LogP contribution is -3.00. The Morgan fingerprint density at radius 2 is 0.536 bits per heavy atom. The van der Waals surface area contributed by atoms with Crippen molar-refractivity contribution < 1.29 is 17.0 Å². The van der Waals surface area contributed by atoms with Crippen LogP contribution in [-0.2, 0) is 0 Å². The maximum atomic E-state index is 2.37. The van der Waals surface area contributed by atoms with Crippen molar-refractivity contribution in [3.8, 4) is 0 Å². The van der Waals surface area contributed by atoms with Gasteiger partial charge in [-0.25, -0.2) is 0 Å². The number of halogens is 1. The van der Waals surface area contributed by atoms with Crippen LogP contribution < -0.4 is 17.0 Å². The summed E-state index contributed by atoms with van der Waals surface area (Å²) in [4.78, 5) is 0. The molecule has 0 saturated heterocycles. The van der Waals surface area contributed by atoms with Crippen LogP contribution in [0.3, 0.4) is 0 Å². The van der Waals surface area contributed by atoms with E-state index in [1.807, 2.05) is 0 Å². The first kappa shape index (κ1) is 31.1. The van der Waals surface area contributed by atoms with Gasteiger partial charge in [-0.05, 0) is 38.5 Å². The molecule has 0 aromatic rings. The molecule has 0 spiro atoms. The van der Waals surface area contributed by atoms with E-state index in [-0.39, 0.29) is 17.0 Å². The second kappa shape index (κ2) is 24.2. The third-order valence-electron chi connectivity index (χ3n) is 6.44. The maximum absolute atomic E-state index is 2.37. The lowest BCUT2D eigenvalue weighted by atomic mass is 10.1. The normalized spacial score (nSPS) is 11.6. The molecule has 2 heteroatoms. The van der Waals surface area contributed by atoms with Gasteiger partial charge in [-0.2, -0.15) is 0 Å². The molecule has 0 heterocycles. The van der Waals surface area contributed by atoms with Gasteiger partial charge in [0.25, 0.3) is 0 Å². The summed E-state index contributed by atoms with van der Waals surface area (Å²) in [6.45, 7) is 9.41. The zero-order valence-electron chi connectivity index (χ0n) is 20.4. The molecule has 172 valence electrons. The average molecular weight is 480 g/mol. The van der Waals surface area contributed by atoms with E-state index in [2.05, 4.69) is 27.7 Å². The van der Waals surface area contributed by atoms with E-state index in [0.717, 1.165) is 0 Å². The van der Waals surface area contributed by atoms with Crippen LogP contribution in [0.25, 0.3) is 0 Å². The van der Waals surface area contributed by atoms with E-state index in [1.54, 1.807) is 37.5 Å². The smallest absolute Gasteiger partial charge is 0.0594 e. The average Bonchev–Trinajstić information content (AvgIpc) is 2.67. The Bertz CT molecular complexity index is 252. The van der Waals surface area contributed by atoms with Gasteiger partial charge in [-0.3, -0.25) is 0 Å². The van der Waals surface area contributed by atoms with Gasteiger partial charge < -0.3 is 17.0 Å². The zero-order chi connectivity index (χ0) is 20.1. The lowest BCUT2D eigenvalue weighted by molar-refractivity contribution is -0.00000624. The van der Waals surface area contributed by atoms with Crippen molar-refractivity contribution >= 4 is 7.26 Å². The second-order valence-corrected chi connectivity index (χ2v) is 13.7. The predicted octanol–water partition coefficient (Wildman–Crippen LogP) is 7.11. The van der Waals surface area contributed by atoms with Crippen molar-refractivity contribution in [1.29, 1.82) is 0 Å². The fraction of sp³-hybridized carbons (Fsp3) is 1.00. The van der Waals surface area contributed by atoms with Gasteiger partial charge in [0.1, 0.15) is 0 Å². The minimum Gasteiger partial charge on any atom is -1.00 e. The third kappa shape index (κ3) is 18.9. The second-order valence-electron chi connectivity index (χ2n) is 9.19. The van der Waals surface area contributed by atoms with Crippen LogP contribution in [0.4, 0.5) is 0 Å². The van der Waals surface area contributed by atoms with Crippen LogP contribution >= 0.6 is 7.26 Å². The van der Waals surface area contributed by atoms with Crippen LogP contribution in [0.15, 0.2) is 0 Å². The molecule has 0 radical (unpaired) electrons. The molecule has 0 saturated carbocycles. The summed E-state index contributed by atoms with van der Waals surface area (Å²) >= 11 is 0. The quantitative estimate of drug-likeness (QED) is 0.115. The largest absolute Gasteiger partial charge is 1.00 e. The highest BCUT2D eigenvalue weighted by atomic mass is 79.9. The molecule has 28 heavy (non-hydrogen) atoms. The molecule has 0 fully saturated rings. The number of hydrogen-bond donors (Lipinski definition) is 0. The van der Waals surface area contributed by atoms with E-state index in [9.17, 15) is 0 Å². The van der Waals surface area contributed by atoms with Crippen LogP contribution in [0.5, 0.6) is 0 Å². The fourth-order valence-corrected chi connectivity index (χ4v) is 9.44. The Kier molecular flexibility index (Phi) is 26.9. The number of unbranched alkanes of at least 4 members (excludes halogenated alkanes) is 14. The highest BCUT2D eigenvalue weighted by molar-refractivity contribution is 7.75. The first-order valence-electron chi connectivity index (χ1n) is 13.1. The molecule has 0 aliphatic rings. The van der Waals surface area contributed by atoms with Crippen molar-refractivity contribution in [2.24, 2.45) is 0 Å². The Morgan fingerprint density at radius 1 is 0.321 bits per heavy atom. The van der Waals surface area contributed by atoms with Crippen molar-refractivity contribution in [3.05, 3.63) is 0 Å². The molecule has 0 aliphatic heterocycles. The van der Waals surface area contributed by atoms with Crippen LogP contribution in [-0.4, -0.2) is 24.6 Å². The van der Waals surface area contributed by atoms with Gasteiger partial charge in [0, 0.05) is 7.26 Å². The molecule has 0 N–H and O–H groups in total. The maximum Gasteiger partial charge on any atom is 0.0594 e. The Balaban J connectivity index is 0. The topological polar surface area (TPSA) is 0 Å². The number of hydrogen-bond acceptors (Lipinski definition) is 0. The fourth-order valence-electron chi connectivity index (χ4n) is 4.52. The highest BCUT2D eigenvalue weighted by Gasteiger charge is 2.34. The monoisotopic (exact) mass is 478 g/mol. The third-order valence-corrected chi connectivity index (χ3v) is 11.5. The summed E-state index contributed by atoms with van der Waals surface area (Å²) in [5, 5.41) is 0. The van der Waals surface area contributed by atoms with Crippen molar-refractivity contribution in [2.45, 2.75) is 143 Å². The van der Waals surface area contributed by atoms with Crippen LogP contribution in [0, 0.1) is 0 Å². The van der Waals surface area contributed by atoms with Crippen LogP contribution in [0.1, 0.15) is 143 Å². The summed E-state index contributed by atoms with van der Waals surface area (Å²) < 4.78 is 0. The van der Waals surface area contributed by atoms with E-state index in [4.69, 9.17) is 0 Å². The van der Waals surface area contributed by atoms with Gasteiger partial charge in [-0.15, -0.1) is 0 Å². The van der Waals surface area contributed by atoms with Gasteiger partial charge in [0.05, 0.1) is 24.6 Å². The SMILES string of the molecule is CCCCCCCC[P+](CCCCC)(CCCCC)CCCCCCCC.[Br-]. The minimum absolute atomic E-state index is 0. The van der Waals surface area contributed by atoms with E-state index in [1.165, 1.54) is 103 Å². The Hall–Kier alpha value is 0.910. The van der Waals surface area contributed by atoms with E-state index >= 15 is 0 Å². The van der Waals surface area contributed by atoms with Gasteiger partial charge in [0.15, 0.2) is 0 Å². The van der Waals surface area contributed by atoms with E-state index in [0.29, 0.717) is 0 Å². The molecule has 0 aromatic heterocycles. The lowest BCUT2D eigenvalue weighted by Gasteiger charge is -2.28. The molecule has 0 atom stereocenters. The van der Waals surface area contributed by atoms with Gasteiger partial charge in [0.2, 0.25) is 0 Å². The van der Waals surface area contributed by atoms with Gasteiger partial charge >= 0.3 is 0 Å². The molecule has 0 bridgehead atoms. The molecule has 0 unspecified atom stereocenters. The highest BCUT2D eigenvalue weighted by Crippen LogP contribution is 2.61. The standard InChI is InChI=1S/C26H56P.BrH/c1-5-9-13-15-17-21-25-27(23-19-11-7-3,24-20-12-8-4)26-22-18-16-14-10-6-2;/h5-26H2,1-4H3;1H/q+1;/p-1.